The third-order valence-electron chi connectivity index (χ3n) is 3.13. The Morgan fingerprint density at radius 2 is 2.11 bits per heavy atom. The van der Waals surface area contributed by atoms with E-state index in [0.29, 0.717) is 24.4 Å². The molecule has 1 aliphatic rings. The van der Waals surface area contributed by atoms with Crippen LogP contribution in [0.2, 0.25) is 0 Å². The van der Waals surface area contributed by atoms with E-state index in [1.807, 2.05) is 19.1 Å². The number of carbonyl (C=O) groups excluding carboxylic acids is 1. The number of hydrogen-bond acceptors (Lipinski definition) is 4. The van der Waals surface area contributed by atoms with Crippen LogP contribution >= 0.6 is 0 Å². The van der Waals surface area contributed by atoms with Crippen molar-refractivity contribution < 1.29 is 13.2 Å². The van der Waals surface area contributed by atoms with Gasteiger partial charge in [0.15, 0.2) is 9.84 Å². The molecule has 5 nitrogen and oxygen atoms in total. The predicted molar refractivity (Wildman–Crippen MR) is 72.5 cm³/mol. The van der Waals surface area contributed by atoms with Crippen molar-refractivity contribution in [2.45, 2.75) is 24.3 Å². The first kappa shape index (κ1) is 14.0. The molecule has 1 atom stereocenters. The molecule has 0 radical (unpaired) electrons. The minimum absolute atomic E-state index is 0.0239. The molecular formula is C13H18N2O3S. The maximum absolute atomic E-state index is 11.9. The summed E-state index contributed by atoms with van der Waals surface area (Å²) in [5, 5.41) is 5.85. The highest BCUT2D eigenvalue weighted by molar-refractivity contribution is 7.91. The second-order valence-electron chi connectivity index (χ2n) is 4.53. The number of hydrogen-bond donors (Lipinski definition) is 2. The van der Waals surface area contributed by atoms with Crippen molar-refractivity contribution in [1.29, 1.82) is 0 Å². The van der Waals surface area contributed by atoms with E-state index in [1.165, 1.54) is 0 Å². The fraction of sp³-hybridized carbons (Fsp3) is 0.462. The van der Waals surface area contributed by atoms with E-state index in [9.17, 15) is 13.2 Å². The van der Waals surface area contributed by atoms with Crippen LogP contribution in [0.15, 0.2) is 29.2 Å². The summed E-state index contributed by atoms with van der Waals surface area (Å²) in [4.78, 5) is 11.7. The van der Waals surface area contributed by atoms with Crippen molar-refractivity contribution >= 4 is 15.7 Å². The van der Waals surface area contributed by atoms with E-state index in [2.05, 4.69) is 10.6 Å². The molecule has 104 valence electrons. The molecule has 2 N–H and O–H groups in total. The Labute approximate surface area is 113 Å². The van der Waals surface area contributed by atoms with Crippen LogP contribution in [0.4, 0.5) is 0 Å². The first-order valence-electron chi connectivity index (χ1n) is 6.36. The molecule has 1 aliphatic heterocycles. The van der Waals surface area contributed by atoms with Gasteiger partial charge in [-0.3, -0.25) is 4.79 Å². The molecule has 2 rings (SSSR count). The zero-order chi connectivity index (χ0) is 13.9. The normalized spacial score (nSPS) is 19.9. The molecule has 0 spiro atoms. The molecule has 0 bridgehead atoms. The molecule has 1 aromatic carbocycles. The molecule has 1 unspecified atom stereocenters. The van der Waals surface area contributed by atoms with Crippen molar-refractivity contribution in [3.8, 4) is 0 Å². The summed E-state index contributed by atoms with van der Waals surface area (Å²) in [5.74, 6) is 0.0472. The van der Waals surface area contributed by atoms with Gasteiger partial charge in [0.05, 0.1) is 10.6 Å². The van der Waals surface area contributed by atoms with Gasteiger partial charge in [-0.05, 0) is 18.6 Å². The van der Waals surface area contributed by atoms with E-state index in [1.54, 1.807) is 12.1 Å². The number of nitrogens with one attached hydrogen (secondary N) is 2. The van der Waals surface area contributed by atoms with Gasteiger partial charge >= 0.3 is 0 Å². The van der Waals surface area contributed by atoms with Gasteiger partial charge in [0, 0.05) is 25.6 Å². The average molecular weight is 282 g/mol. The zero-order valence-corrected chi connectivity index (χ0v) is 11.7. The number of carbonyl (C=O) groups is 1. The first-order chi connectivity index (χ1) is 9.04. The van der Waals surface area contributed by atoms with Crippen molar-refractivity contribution in [2.75, 3.05) is 18.8 Å². The van der Waals surface area contributed by atoms with Crippen molar-refractivity contribution in [2.24, 2.45) is 0 Å². The van der Waals surface area contributed by atoms with Gasteiger partial charge in [-0.15, -0.1) is 0 Å². The molecule has 0 saturated heterocycles. The minimum atomic E-state index is -3.18. The Morgan fingerprint density at radius 1 is 1.37 bits per heavy atom. The number of amides is 1. The van der Waals surface area contributed by atoms with Gasteiger partial charge in [0.25, 0.3) is 0 Å². The van der Waals surface area contributed by atoms with Gasteiger partial charge < -0.3 is 10.6 Å². The van der Waals surface area contributed by atoms with Crippen LogP contribution < -0.4 is 10.6 Å². The van der Waals surface area contributed by atoms with E-state index >= 15 is 0 Å². The van der Waals surface area contributed by atoms with E-state index in [0.717, 1.165) is 5.56 Å². The standard InChI is InChI=1S/C13H18N2O3S/c1-2-14-13(16)7-8-15-11-9-19(17,18)12-6-4-3-5-10(11)12/h3-6,11,15H,2,7-9H2,1H3,(H,14,16). The molecule has 0 aromatic heterocycles. The molecule has 19 heavy (non-hydrogen) atoms. The van der Waals surface area contributed by atoms with Crippen LogP contribution in [0.1, 0.15) is 24.9 Å². The van der Waals surface area contributed by atoms with Crippen LogP contribution in [0, 0.1) is 0 Å². The fourth-order valence-corrected chi connectivity index (χ4v) is 4.04. The van der Waals surface area contributed by atoms with Crippen LogP contribution in [-0.4, -0.2) is 33.2 Å². The third kappa shape index (κ3) is 3.13. The molecule has 1 amide bonds. The quantitative estimate of drug-likeness (QED) is 0.830. The molecule has 0 fully saturated rings. The Hall–Kier alpha value is -1.40. The lowest BCUT2D eigenvalue weighted by Gasteiger charge is -2.12. The summed E-state index contributed by atoms with van der Waals surface area (Å²) < 4.78 is 23.9. The van der Waals surface area contributed by atoms with E-state index in [4.69, 9.17) is 0 Å². The fourth-order valence-electron chi connectivity index (χ4n) is 2.26. The highest BCUT2D eigenvalue weighted by atomic mass is 32.2. The second-order valence-corrected chi connectivity index (χ2v) is 6.53. The van der Waals surface area contributed by atoms with Crippen LogP contribution in [-0.2, 0) is 14.6 Å². The topological polar surface area (TPSA) is 75.3 Å². The highest BCUT2D eigenvalue weighted by Gasteiger charge is 2.33. The number of rotatable bonds is 5. The lowest BCUT2D eigenvalue weighted by molar-refractivity contribution is -0.120. The number of fused-ring (bicyclic) bond motifs is 1. The maximum Gasteiger partial charge on any atom is 0.221 e. The van der Waals surface area contributed by atoms with Crippen LogP contribution in [0.5, 0.6) is 0 Å². The molecular weight excluding hydrogens is 264 g/mol. The Morgan fingerprint density at radius 3 is 2.84 bits per heavy atom. The van der Waals surface area contributed by atoms with E-state index < -0.39 is 9.84 Å². The van der Waals surface area contributed by atoms with E-state index in [-0.39, 0.29) is 17.7 Å². The minimum Gasteiger partial charge on any atom is -0.356 e. The second kappa shape index (κ2) is 5.71. The molecule has 0 saturated carbocycles. The summed E-state index contributed by atoms with van der Waals surface area (Å²) in [5.41, 5.74) is 0.804. The summed E-state index contributed by atoms with van der Waals surface area (Å²) in [7, 11) is -3.18. The van der Waals surface area contributed by atoms with Gasteiger partial charge in [-0.2, -0.15) is 0 Å². The number of benzene rings is 1. The summed E-state index contributed by atoms with van der Waals surface area (Å²) >= 11 is 0. The van der Waals surface area contributed by atoms with Crippen molar-refractivity contribution in [3.63, 3.8) is 0 Å². The van der Waals surface area contributed by atoms with Crippen molar-refractivity contribution in [1.82, 2.24) is 10.6 Å². The van der Waals surface area contributed by atoms with Crippen molar-refractivity contribution in [3.05, 3.63) is 29.8 Å². The Bertz CT molecular complexity index is 569. The van der Waals surface area contributed by atoms with Crippen LogP contribution in [0.3, 0.4) is 0 Å². The van der Waals surface area contributed by atoms with Gasteiger partial charge in [0.1, 0.15) is 0 Å². The summed E-state index contributed by atoms with van der Waals surface area (Å²) in [6, 6.07) is 6.81. The lowest BCUT2D eigenvalue weighted by Crippen LogP contribution is -2.30. The van der Waals surface area contributed by atoms with Crippen LogP contribution in [0.25, 0.3) is 0 Å². The number of sulfone groups is 1. The Balaban J connectivity index is 1.99. The molecule has 1 heterocycles. The highest BCUT2D eigenvalue weighted by Crippen LogP contribution is 2.32. The molecule has 6 heteroatoms. The molecule has 1 aromatic rings. The Kier molecular flexibility index (Phi) is 4.21. The average Bonchev–Trinajstić information content (AvgIpc) is 2.62. The monoisotopic (exact) mass is 282 g/mol. The largest absolute Gasteiger partial charge is 0.356 e. The summed E-state index contributed by atoms with van der Waals surface area (Å²) in [6.45, 7) is 2.95. The third-order valence-corrected chi connectivity index (χ3v) is 4.95. The van der Waals surface area contributed by atoms with Gasteiger partial charge in [-0.1, -0.05) is 18.2 Å². The first-order valence-corrected chi connectivity index (χ1v) is 8.01. The summed E-state index contributed by atoms with van der Waals surface area (Å²) in [6.07, 6.45) is 0.354. The predicted octanol–water partition coefficient (Wildman–Crippen LogP) is 0.631. The van der Waals surface area contributed by atoms with Gasteiger partial charge in [-0.25, -0.2) is 8.42 Å². The SMILES string of the molecule is CCNC(=O)CCNC1CS(=O)(=O)c2ccccc21. The molecule has 0 aliphatic carbocycles. The van der Waals surface area contributed by atoms with Gasteiger partial charge in [0.2, 0.25) is 5.91 Å². The lowest BCUT2D eigenvalue weighted by atomic mass is 10.1. The maximum atomic E-state index is 11.9. The smallest absolute Gasteiger partial charge is 0.221 e. The zero-order valence-electron chi connectivity index (χ0n) is 10.8.